The Balaban J connectivity index is 0.00000576. The molecule has 0 aromatic carbocycles. The molecule has 0 bridgehead atoms. The van der Waals surface area contributed by atoms with Crippen molar-refractivity contribution in [3.8, 4) is 0 Å². The second-order valence-corrected chi connectivity index (χ2v) is 7.01. The van der Waals surface area contributed by atoms with Crippen molar-refractivity contribution in [1.82, 2.24) is 20.0 Å². The van der Waals surface area contributed by atoms with Crippen molar-refractivity contribution >= 4 is 35.8 Å². The smallest absolute Gasteiger partial charge is 0.219 e. The van der Waals surface area contributed by atoms with E-state index < -0.39 is 0 Å². The van der Waals surface area contributed by atoms with Crippen LogP contribution in [0.5, 0.6) is 0 Å². The van der Waals surface area contributed by atoms with Gasteiger partial charge in [-0.1, -0.05) is 0 Å². The lowest BCUT2D eigenvalue weighted by atomic mass is 10.2. The molecule has 7 heteroatoms. The van der Waals surface area contributed by atoms with Crippen molar-refractivity contribution in [2.75, 3.05) is 45.8 Å². The van der Waals surface area contributed by atoms with E-state index >= 15 is 0 Å². The number of nitrogens with one attached hydrogen (secondary N) is 1. The van der Waals surface area contributed by atoms with Crippen LogP contribution in [0.3, 0.4) is 0 Å². The molecule has 1 N–H and O–H groups in total. The van der Waals surface area contributed by atoms with E-state index in [1.54, 1.807) is 6.92 Å². The van der Waals surface area contributed by atoms with E-state index in [1.165, 1.54) is 0 Å². The topological polar surface area (TPSA) is 51.2 Å². The van der Waals surface area contributed by atoms with Gasteiger partial charge in [0.2, 0.25) is 5.91 Å². The maximum atomic E-state index is 11.4. The molecule has 0 spiro atoms. The lowest BCUT2D eigenvalue weighted by molar-refractivity contribution is -0.130. The molecule has 1 saturated heterocycles. The molecule has 1 heterocycles. The SMILES string of the molecule is CCNC(=NCCCN(C(C)C)C(C)C)N1CCN(C(C)=O)CC1.I. The van der Waals surface area contributed by atoms with Crippen molar-refractivity contribution in [3.63, 3.8) is 0 Å². The molecule has 1 amide bonds. The normalized spacial score (nSPS) is 15.8. The van der Waals surface area contributed by atoms with Gasteiger partial charge in [0.25, 0.3) is 0 Å². The molecule has 1 aliphatic rings. The van der Waals surface area contributed by atoms with Gasteiger partial charge in [0.1, 0.15) is 0 Å². The molecule has 1 rings (SSSR count). The molecule has 25 heavy (non-hydrogen) atoms. The standard InChI is InChI=1S/C18H37N5O.HI/c1-7-19-18(22-13-11-21(12-14-22)17(6)24)20-9-8-10-23(15(2)3)16(4)5;/h15-16H,7-14H2,1-6H3,(H,19,20);1H. The highest BCUT2D eigenvalue weighted by atomic mass is 127. The number of carbonyl (C=O) groups is 1. The predicted molar refractivity (Wildman–Crippen MR) is 117 cm³/mol. The molecule has 0 saturated carbocycles. The van der Waals surface area contributed by atoms with Crippen molar-refractivity contribution in [2.24, 2.45) is 4.99 Å². The lowest BCUT2D eigenvalue weighted by Gasteiger charge is -2.36. The zero-order valence-corrected chi connectivity index (χ0v) is 19.2. The number of hydrogen-bond donors (Lipinski definition) is 1. The first-order valence-electron chi connectivity index (χ1n) is 9.41. The Labute approximate surface area is 171 Å². The van der Waals surface area contributed by atoms with E-state index in [2.05, 4.69) is 49.7 Å². The average Bonchev–Trinajstić information content (AvgIpc) is 2.53. The maximum Gasteiger partial charge on any atom is 0.219 e. The van der Waals surface area contributed by atoms with Crippen molar-refractivity contribution in [1.29, 1.82) is 0 Å². The Morgan fingerprint density at radius 3 is 2.04 bits per heavy atom. The summed E-state index contributed by atoms with van der Waals surface area (Å²) < 4.78 is 0. The lowest BCUT2D eigenvalue weighted by Crippen LogP contribution is -2.53. The summed E-state index contributed by atoms with van der Waals surface area (Å²) >= 11 is 0. The molecule has 0 aliphatic carbocycles. The molecule has 0 atom stereocenters. The van der Waals surface area contributed by atoms with Gasteiger partial charge in [-0.25, -0.2) is 0 Å². The molecule has 6 nitrogen and oxygen atoms in total. The van der Waals surface area contributed by atoms with Crippen molar-refractivity contribution in [2.45, 2.75) is 60.0 Å². The fourth-order valence-corrected chi connectivity index (χ4v) is 3.21. The third-order valence-electron chi connectivity index (χ3n) is 4.52. The Morgan fingerprint density at radius 2 is 1.60 bits per heavy atom. The number of hydrogen-bond acceptors (Lipinski definition) is 3. The van der Waals surface area contributed by atoms with Crippen LogP contribution in [0.4, 0.5) is 0 Å². The number of rotatable bonds is 7. The van der Waals surface area contributed by atoms with Crippen molar-refractivity contribution in [3.05, 3.63) is 0 Å². The van der Waals surface area contributed by atoms with Gasteiger partial charge < -0.3 is 15.1 Å². The van der Waals surface area contributed by atoms with Crippen molar-refractivity contribution < 1.29 is 4.79 Å². The second-order valence-electron chi connectivity index (χ2n) is 7.01. The second kappa shape index (κ2) is 12.7. The first-order chi connectivity index (χ1) is 11.4. The Kier molecular flexibility index (Phi) is 12.4. The molecule has 0 radical (unpaired) electrons. The quantitative estimate of drug-likeness (QED) is 0.270. The van der Waals surface area contributed by atoms with E-state index in [4.69, 9.17) is 4.99 Å². The number of guanidine groups is 1. The summed E-state index contributed by atoms with van der Waals surface area (Å²) in [5.41, 5.74) is 0. The predicted octanol–water partition coefficient (Wildman–Crippen LogP) is 2.24. The van der Waals surface area contributed by atoms with Crippen LogP contribution in [-0.4, -0.2) is 84.5 Å². The molecular formula is C18H38IN5O. The van der Waals surface area contributed by atoms with Crippen LogP contribution in [0.15, 0.2) is 4.99 Å². The monoisotopic (exact) mass is 467 g/mol. The van der Waals surface area contributed by atoms with Crippen LogP contribution < -0.4 is 5.32 Å². The number of carbonyl (C=O) groups excluding carboxylic acids is 1. The van der Waals surface area contributed by atoms with Gasteiger partial charge in [-0.3, -0.25) is 14.7 Å². The van der Waals surface area contributed by atoms with Gasteiger partial charge in [0, 0.05) is 64.8 Å². The minimum absolute atomic E-state index is 0. The van der Waals surface area contributed by atoms with Gasteiger partial charge >= 0.3 is 0 Å². The highest BCUT2D eigenvalue weighted by Crippen LogP contribution is 2.06. The van der Waals surface area contributed by atoms with E-state index in [0.29, 0.717) is 12.1 Å². The fourth-order valence-electron chi connectivity index (χ4n) is 3.21. The molecular weight excluding hydrogens is 429 g/mol. The van der Waals surface area contributed by atoms with Gasteiger partial charge in [-0.2, -0.15) is 0 Å². The first-order valence-corrected chi connectivity index (χ1v) is 9.41. The summed E-state index contributed by atoms with van der Waals surface area (Å²) in [5.74, 6) is 1.15. The van der Waals surface area contributed by atoms with E-state index in [-0.39, 0.29) is 29.9 Å². The Morgan fingerprint density at radius 1 is 1.08 bits per heavy atom. The molecule has 0 unspecified atom stereocenters. The van der Waals surface area contributed by atoms with Crippen LogP contribution in [-0.2, 0) is 4.79 Å². The van der Waals surface area contributed by atoms with Crippen LogP contribution in [0.2, 0.25) is 0 Å². The van der Waals surface area contributed by atoms with E-state index in [1.807, 2.05) is 4.90 Å². The Bertz CT molecular complexity index is 398. The summed E-state index contributed by atoms with van der Waals surface area (Å²) in [6.45, 7) is 18.8. The summed E-state index contributed by atoms with van der Waals surface area (Å²) in [4.78, 5) is 22.9. The third-order valence-corrected chi connectivity index (χ3v) is 4.52. The first kappa shape index (κ1) is 24.4. The van der Waals surface area contributed by atoms with Gasteiger partial charge in [0.05, 0.1) is 0 Å². The number of piperazine rings is 1. The largest absolute Gasteiger partial charge is 0.357 e. The van der Waals surface area contributed by atoms with Crippen LogP contribution in [0, 0.1) is 0 Å². The molecule has 0 aromatic rings. The minimum atomic E-state index is 0. The zero-order valence-electron chi connectivity index (χ0n) is 16.9. The average molecular weight is 467 g/mol. The molecule has 1 fully saturated rings. The Hall–Kier alpha value is -0.570. The zero-order chi connectivity index (χ0) is 18.1. The highest BCUT2D eigenvalue weighted by molar-refractivity contribution is 14.0. The minimum Gasteiger partial charge on any atom is -0.357 e. The highest BCUT2D eigenvalue weighted by Gasteiger charge is 2.20. The number of amides is 1. The van der Waals surface area contributed by atoms with E-state index in [0.717, 1.165) is 58.2 Å². The number of halogens is 1. The van der Waals surface area contributed by atoms with Crippen LogP contribution in [0.1, 0.15) is 48.0 Å². The van der Waals surface area contributed by atoms with Gasteiger partial charge in [-0.15, -0.1) is 24.0 Å². The summed E-state index contributed by atoms with van der Waals surface area (Å²) in [5, 5.41) is 3.39. The summed E-state index contributed by atoms with van der Waals surface area (Å²) in [6.07, 6.45) is 1.07. The third kappa shape index (κ3) is 8.57. The summed E-state index contributed by atoms with van der Waals surface area (Å²) in [7, 11) is 0. The van der Waals surface area contributed by atoms with Gasteiger partial charge in [-0.05, 0) is 41.0 Å². The summed E-state index contributed by atoms with van der Waals surface area (Å²) in [6, 6.07) is 1.14. The number of aliphatic imine (C=N–C) groups is 1. The maximum absolute atomic E-state index is 11.4. The fraction of sp³-hybridized carbons (Fsp3) is 0.889. The van der Waals surface area contributed by atoms with Crippen LogP contribution >= 0.6 is 24.0 Å². The van der Waals surface area contributed by atoms with Crippen LogP contribution in [0.25, 0.3) is 0 Å². The van der Waals surface area contributed by atoms with Gasteiger partial charge in [0.15, 0.2) is 5.96 Å². The molecule has 0 aromatic heterocycles. The number of nitrogens with zero attached hydrogens (tertiary/aromatic N) is 4. The molecule has 148 valence electrons. The molecule has 1 aliphatic heterocycles. The van der Waals surface area contributed by atoms with E-state index in [9.17, 15) is 4.79 Å².